The van der Waals surface area contributed by atoms with Gasteiger partial charge in [0.1, 0.15) is 22.7 Å². The largest absolute Gasteiger partial charge is 0.448 e. The van der Waals surface area contributed by atoms with Gasteiger partial charge in [0.25, 0.3) is 5.91 Å². The van der Waals surface area contributed by atoms with E-state index in [0.717, 1.165) is 16.0 Å². The molecule has 3 heterocycles. The van der Waals surface area contributed by atoms with Crippen molar-refractivity contribution < 1.29 is 28.7 Å². The Hall–Kier alpha value is -4.12. The number of thiocarbonyl (C=S) groups is 1. The SMILES string of the molecule is CC(C)(C)OC(=O)NCCCC(=S)Nc1ncc(C2=C(C(=O)OC(c3ccccc3)c3ccccc3)N3C(=O)C(NC(=O)CSc4ccc(Cl)c(Cl)c4)C3SC2)s1. The van der Waals surface area contributed by atoms with Crippen LogP contribution in [0, 0.1) is 0 Å². The lowest BCUT2D eigenvalue weighted by atomic mass is 10.0. The molecule has 1 saturated heterocycles. The molecule has 1 aromatic heterocycles. The number of amides is 3. The van der Waals surface area contributed by atoms with Gasteiger partial charge in [0, 0.05) is 29.0 Å². The number of thiazole rings is 1. The lowest BCUT2D eigenvalue weighted by Gasteiger charge is -2.49. The van der Waals surface area contributed by atoms with E-state index in [0.29, 0.717) is 55.8 Å². The normalized spacial score (nSPS) is 16.4. The number of anilines is 1. The molecule has 4 aromatic rings. The third-order valence-corrected chi connectivity index (χ3v) is 12.8. The van der Waals surface area contributed by atoms with Crippen molar-refractivity contribution in [1.29, 1.82) is 0 Å². The molecule has 0 saturated carbocycles. The number of alkyl carbamates (subject to hydrolysis) is 1. The second-order valence-electron chi connectivity index (χ2n) is 13.9. The summed E-state index contributed by atoms with van der Waals surface area (Å²) in [5.41, 5.74) is 1.61. The molecule has 0 aliphatic carbocycles. The minimum atomic E-state index is -0.846. The number of carbonyl (C=O) groups excluding carboxylic acids is 4. The number of hydrogen-bond acceptors (Lipinski definition) is 11. The number of carbonyl (C=O) groups is 4. The predicted octanol–water partition coefficient (Wildman–Crippen LogP) is 8.73. The zero-order valence-electron chi connectivity index (χ0n) is 31.1. The fraction of sp³-hybridized carbons (Fsp3) is 0.300. The fourth-order valence-electron chi connectivity index (χ4n) is 5.88. The van der Waals surface area contributed by atoms with Crippen LogP contribution >= 0.6 is 70.3 Å². The van der Waals surface area contributed by atoms with E-state index in [4.69, 9.17) is 44.9 Å². The average molecular weight is 885 g/mol. The second kappa shape index (κ2) is 19.1. The predicted molar refractivity (Wildman–Crippen MR) is 232 cm³/mol. The van der Waals surface area contributed by atoms with E-state index in [9.17, 15) is 19.2 Å². The molecule has 1 fully saturated rings. The van der Waals surface area contributed by atoms with E-state index >= 15 is 0 Å². The number of nitrogens with zero attached hydrogens (tertiary/aromatic N) is 2. The van der Waals surface area contributed by atoms with Gasteiger partial charge in [-0.25, -0.2) is 14.6 Å². The first-order valence-electron chi connectivity index (χ1n) is 17.9. The molecule has 0 radical (unpaired) electrons. The maximum atomic E-state index is 14.5. The summed E-state index contributed by atoms with van der Waals surface area (Å²) >= 11 is 21.7. The summed E-state index contributed by atoms with van der Waals surface area (Å²) in [5, 5.41) is 9.50. The number of fused-ring (bicyclic) bond motifs is 1. The first-order chi connectivity index (χ1) is 27.3. The smallest absolute Gasteiger partial charge is 0.407 e. The Kier molecular flexibility index (Phi) is 14.2. The van der Waals surface area contributed by atoms with Crippen molar-refractivity contribution in [3.63, 3.8) is 0 Å². The van der Waals surface area contributed by atoms with Gasteiger partial charge in [0.2, 0.25) is 5.91 Å². The molecule has 2 unspecified atom stereocenters. The quantitative estimate of drug-likeness (QED) is 0.0369. The van der Waals surface area contributed by atoms with Crippen molar-refractivity contribution in [3.8, 4) is 0 Å². The summed E-state index contributed by atoms with van der Waals surface area (Å²) in [5.74, 6) is -1.06. The molecule has 0 bridgehead atoms. The van der Waals surface area contributed by atoms with E-state index in [1.54, 1.807) is 45.2 Å². The number of ether oxygens (including phenoxy) is 2. The minimum absolute atomic E-state index is 0.0453. The van der Waals surface area contributed by atoms with Crippen molar-refractivity contribution in [1.82, 2.24) is 20.5 Å². The number of hydrogen-bond donors (Lipinski definition) is 3. The molecule has 3 amide bonds. The van der Waals surface area contributed by atoms with Crippen LogP contribution in [0.1, 0.15) is 55.7 Å². The van der Waals surface area contributed by atoms with E-state index < -0.39 is 41.1 Å². The topological polar surface area (TPSA) is 139 Å². The standard InChI is InChI=1S/C40H39Cl2N5O6S4/c1-40(2,3)53-39(51)43-18-10-15-31(54)46-38-44-20-29(57-38)26-21-56-36-32(45-30(48)22-55-25-16-17-27(41)28(42)19-25)35(49)47(36)33(26)37(50)52-34(23-11-6-4-7-12-23)24-13-8-5-9-14-24/h4-9,11-14,16-17,19-20,32,34,36H,10,15,18,21-22H2,1-3H3,(H,43,51)(H,45,48)(H,44,46,54). The van der Waals surface area contributed by atoms with E-state index in [1.807, 2.05) is 60.7 Å². The highest BCUT2D eigenvalue weighted by Crippen LogP contribution is 2.46. The molecular formula is C40H39Cl2N5O6S4. The number of benzene rings is 3. The Balaban J connectivity index is 1.19. The summed E-state index contributed by atoms with van der Waals surface area (Å²) in [4.78, 5) is 61.4. The highest BCUT2D eigenvalue weighted by Gasteiger charge is 2.55. The van der Waals surface area contributed by atoms with Gasteiger partial charge in [-0.05, 0) is 62.9 Å². The van der Waals surface area contributed by atoms with Crippen LogP contribution in [0.2, 0.25) is 10.0 Å². The number of esters is 1. The highest BCUT2D eigenvalue weighted by molar-refractivity contribution is 8.00. The van der Waals surface area contributed by atoms with Crippen LogP contribution in [0.15, 0.2) is 95.7 Å². The number of thioether (sulfide) groups is 2. The Morgan fingerprint density at radius 1 is 1.02 bits per heavy atom. The maximum Gasteiger partial charge on any atom is 0.407 e. The van der Waals surface area contributed by atoms with Gasteiger partial charge < -0.3 is 25.4 Å². The minimum Gasteiger partial charge on any atom is -0.448 e. The Morgan fingerprint density at radius 3 is 2.35 bits per heavy atom. The average Bonchev–Trinajstić information content (AvgIpc) is 3.65. The Bertz CT molecular complexity index is 2130. The zero-order chi connectivity index (χ0) is 40.7. The van der Waals surface area contributed by atoms with Gasteiger partial charge in [-0.15, -0.1) is 23.5 Å². The van der Waals surface area contributed by atoms with Crippen LogP contribution in [0.5, 0.6) is 0 Å². The molecule has 6 rings (SSSR count). The molecule has 57 heavy (non-hydrogen) atoms. The summed E-state index contributed by atoms with van der Waals surface area (Å²) < 4.78 is 11.6. The van der Waals surface area contributed by atoms with Crippen LogP contribution in [0.3, 0.4) is 0 Å². The molecule has 2 aliphatic heterocycles. The van der Waals surface area contributed by atoms with Crippen molar-refractivity contribution >= 4 is 110 Å². The highest BCUT2D eigenvalue weighted by atomic mass is 35.5. The lowest BCUT2D eigenvalue weighted by molar-refractivity contribution is -0.154. The van der Waals surface area contributed by atoms with Crippen LogP contribution in [-0.2, 0) is 23.9 Å². The van der Waals surface area contributed by atoms with Crippen molar-refractivity contribution in [3.05, 3.63) is 117 Å². The first kappa shape index (κ1) is 42.5. The molecule has 0 spiro atoms. The number of rotatable bonds is 14. The zero-order valence-corrected chi connectivity index (χ0v) is 35.9. The van der Waals surface area contributed by atoms with Crippen molar-refractivity contribution in [2.75, 3.05) is 23.4 Å². The monoisotopic (exact) mass is 883 g/mol. The molecular weight excluding hydrogens is 846 g/mol. The molecule has 17 heteroatoms. The van der Waals surface area contributed by atoms with Gasteiger partial charge in [-0.3, -0.25) is 14.5 Å². The third kappa shape index (κ3) is 11.1. The summed E-state index contributed by atoms with van der Waals surface area (Å²) in [6, 6.07) is 23.0. The van der Waals surface area contributed by atoms with Crippen LogP contribution in [0.4, 0.5) is 9.93 Å². The molecule has 2 aliphatic rings. The van der Waals surface area contributed by atoms with E-state index in [1.165, 1.54) is 39.8 Å². The summed E-state index contributed by atoms with van der Waals surface area (Å²) in [6.07, 6.45) is 1.45. The lowest BCUT2D eigenvalue weighted by Crippen LogP contribution is -2.70. The molecule has 2 atom stereocenters. The van der Waals surface area contributed by atoms with E-state index in [-0.39, 0.29) is 17.4 Å². The Morgan fingerprint density at radius 2 is 1.70 bits per heavy atom. The number of aromatic nitrogens is 1. The van der Waals surface area contributed by atoms with Gasteiger partial charge in [0.05, 0.1) is 25.7 Å². The van der Waals surface area contributed by atoms with Gasteiger partial charge in [-0.1, -0.05) is 107 Å². The van der Waals surface area contributed by atoms with E-state index in [2.05, 4.69) is 20.9 Å². The summed E-state index contributed by atoms with van der Waals surface area (Å²) in [6.45, 7) is 5.78. The van der Waals surface area contributed by atoms with Gasteiger partial charge >= 0.3 is 12.1 Å². The number of nitrogens with one attached hydrogen (secondary N) is 3. The summed E-state index contributed by atoms with van der Waals surface area (Å²) in [7, 11) is 0. The molecule has 298 valence electrons. The third-order valence-electron chi connectivity index (χ3n) is 8.47. The first-order valence-corrected chi connectivity index (χ1v) is 21.9. The van der Waals surface area contributed by atoms with Gasteiger partial charge in [-0.2, -0.15) is 0 Å². The van der Waals surface area contributed by atoms with Gasteiger partial charge in [0.15, 0.2) is 11.2 Å². The number of halogens is 2. The van der Waals surface area contributed by atoms with Crippen molar-refractivity contribution in [2.45, 2.75) is 61.6 Å². The second-order valence-corrected chi connectivity index (χ2v) is 18.4. The van der Waals surface area contributed by atoms with Crippen molar-refractivity contribution in [2.24, 2.45) is 0 Å². The fourth-order valence-corrected chi connectivity index (χ4v) is 9.64. The Labute approximate surface area is 358 Å². The van der Waals surface area contributed by atoms with Crippen LogP contribution in [0.25, 0.3) is 5.57 Å². The molecule has 3 N–H and O–H groups in total. The molecule has 3 aromatic carbocycles. The number of β-lactam (4-membered cyclic amide) rings is 1. The molecule has 11 nitrogen and oxygen atoms in total. The van der Waals surface area contributed by atoms with Crippen LogP contribution < -0.4 is 16.0 Å². The van der Waals surface area contributed by atoms with Crippen LogP contribution in [-0.4, -0.2) is 73.8 Å². The maximum absolute atomic E-state index is 14.5.